The Kier molecular flexibility index (Phi) is 4.68. The summed E-state index contributed by atoms with van der Waals surface area (Å²) in [6.07, 6.45) is 2.43. The number of methoxy groups -OCH3 is 1. The van der Waals surface area contributed by atoms with Crippen LogP contribution in [0.1, 0.15) is 12.8 Å². The molecular formula is C13H18BrNO2. The zero-order valence-electron chi connectivity index (χ0n) is 10.1. The Morgan fingerprint density at radius 3 is 2.82 bits per heavy atom. The fourth-order valence-corrected chi connectivity index (χ4v) is 2.22. The molecule has 1 aliphatic heterocycles. The number of halogens is 1. The van der Waals surface area contributed by atoms with Crippen molar-refractivity contribution in [3.63, 3.8) is 0 Å². The molecule has 17 heavy (non-hydrogen) atoms. The second-order valence-corrected chi connectivity index (χ2v) is 5.05. The summed E-state index contributed by atoms with van der Waals surface area (Å²) in [5, 5.41) is 0. The molecule has 0 aromatic heterocycles. The van der Waals surface area contributed by atoms with Crippen LogP contribution in [0, 0.1) is 0 Å². The highest BCUT2D eigenvalue weighted by atomic mass is 79.9. The maximum absolute atomic E-state index is 5.69. The van der Waals surface area contributed by atoms with Crippen LogP contribution >= 0.6 is 15.9 Å². The van der Waals surface area contributed by atoms with E-state index in [2.05, 4.69) is 20.8 Å². The molecule has 0 radical (unpaired) electrons. The molecule has 1 aliphatic rings. The third kappa shape index (κ3) is 3.61. The average Bonchev–Trinajstić information content (AvgIpc) is 2.28. The van der Waals surface area contributed by atoms with Crippen LogP contribution in [0.25, 0.3) is 0 Å². The zero-order chi connectivity index (χ0) is 12.1. The molecule has 0 N–H and O–H groups in total. The number of ether oxygens (including phenoxy) is 2. The van der Waals surface area contributed by atoms with Gasteiger partial charge in [-0.1, -0.05) is 0 Å². The summed E-state index contributed by atoms with van der Waals surface area (Å²) in [4.78, 5) is 2.45. The lowest BCUT2D eigenvalue weighted by Crippen LogP contribution is -2.38. The molecule has 1 saturated heterocycles. The Hall–Kier alpha value is -0.740. The van der Waals surface area contributed by atoms with E-state index >= 15 is 0 Å². The van der Waals surface area contributed by atoms with Crippen LogP contribution < -0.4 is 9.47 Å². The first-order valence-electron chi connectivity index (χ1n) is 5.98. The Morgan fingerprint density at radius 1 is 1.35 bits per heavy atom. The normalized spacial score (nSPS) is 15.4. The van der Waals surface area contributed by atoms with Crippen molar-refractivity contribution in [2.45, 2.75) is 12.8 Å². The van der Waals surface area contributed by atoms with Gasteiger partial charge in [-0.2, -0.15) is 0 Å². The minimum Gasteiger partial charge on any atom is -0.495 e. The number of benzene rings is 1. The van der Waals surface area contributed by atoms with Gasteiger partial charge in [0.1, 0.15) is 11.5 Å². The minimum atomic E-state index is 0.765. The molecule has 94 valence electrons. The van der Waals surface area contributed by atoms with Gasteiger partial charge in [0.25, 0.3) is 0 Å². The predicted octanol–water partition coefficient (Wildman–Crippen LogP) is 2.93. The van der Waals surface area contributed by atoms with Crippen LogP contribution in [0.2, 0.25) is 0 Å². The lowest BCUT2D eigenvalue weighted by molar-refractivity contribution is 0.165. The highest BCUT2D eigenvalue weighted by Gasteiger charge is 2.12. The monoisotopic (exact) mass is 299 g/mol. The van der Waals surface area contributed by atoms with Gasteiger partial charge in [-0.05, 0) is 54.0 Å². The summed E-state index contributed by atoms with van der Waals surface area (Å²) in [6.45, 7) is 4.42. The topological polar surface area (TPSA) is 21.7 Å². The molecule has 4 heteroatoms. The molecule has 0 atom stereocenters. The number of rotatable bonds is 6. The number of hydrogen-bond acceptors (Lipinski definition) is 3. The summed E-state index contributed by atoms with van der Waals surface area (Å²) >= 11 is 3.42. The maximum atomic E-state index is 5.69. The fraction of sp³-hybridized carbons (Fsp3) is 0.538. The first-order valence-corrected chi connectivity index (χ1v) is 6.77. The molecule has 3 nitrogen and oxygen atoms in total. The van der Waals surface area contributed by atoms with E-state index in [1.165, 1.54) is 19.5 Å². The summed E-state index contributed by atoms with van der Waals surface area (Å²) in [6, 6.07) is 5.81. The van der Waals surface area contributed by atoms with Crippen molar-refractivity contribution in [1.82, 2.24) is 4.90 Å². The lowest BCUT2D eigenvalue weighted by Gasteiger charge is -2.30. The molecule has 0 unspecified atom stereocenters. The van der Waals surface area contributed by atoms with E-state index in [0.717, 1.165) is 35.5 Å². The van der Waals surface area contributed by atoms with Gasteiger partial charge in [-0.25, -0.2) is 0 Å². The van der Waals surface area contributed by atoms with Crippen LogP contribution in [0.3, 0.4) is 0 Å². The van der Waals surface area contributed by atoms with Crippen molar-refractivity contribution >= 4 is 15.9 Å². The quantitative estimate of drug-likeness (QED) is 0.754. The molecule has 0 amide bonds. The Labute approximate surface area is 111 Å². The summed E-state index contributed by atoms with van der Waals surface area (Å²) < 4.78 is 11.9. The van der Waals surface area contributed by atoms with E-state index < -0.39 is 0 Å². The van der Waals surface area contributed by atoms with E-state index in [1.807, 2.05) is 18.2 Å². The maximum Gasteiger partial charge on any atom is 0.136 e. The van der Waals surface area contributed by atoms with Crippen LogP contribution in [0.15, 0.2) is 22.7 Å². The molecule has 1 aromatic rings. The van der Waals surface area contributed by atoms with Gasteiger partial charge in [-0.15, -0.1) is 0 Å². The van der Waals surface area contributed by atoms with E-state index in [0.29, 0.717) is 0 Å². The Balaban J connectivity index is 1.74. The van der Waals surface area contributed by atoms with Crippen molar-refractivity contribution < 1.29 is 9.47 Å². The van der Waals surface area contributed by atoms with Gasteiger partial charge in [0, 0.05) is 12.6 Å². The molecular weight excluding hydrogens is 282 g/mol. The van der Waals surface area contributed by atoms with Crippen LogP contribution in [-0.4, -0.2) is 38.3 Å². The van der Waals surface area contributed by atoms with E-state index in [4.69, 9.17) is 9.47 Å². The molecule has 0 saturated carbocycles. The third-order valence-electron chi connectivity index (χ3n) is 2.96. The van der Waals surface area contributed by atoms with Crippen molar-refractivity contribution in [3.05, 3.63) is 22.7 Å². The van der Waals surface area contributed by atoms with Crippen LogP contribution in [0.4, 0.5) is 0 Å². The van der Waals surface area contributed by atoms with Crippen molar-refractivity contribution in [3.8, 4) is 11.5 Å². The molecule has 1 heterocycles. The second kappa shape index (κ2) is 6.26. The minimum absolute atomic E-state index is 0.765. The Morgan fingerprint density at radius 2 is 2.18 bits per heavy atom. The molecule has 1 fully saturated rings. The van der Waals surface area contributed by atoms with Gasteiger partial charge in [0.2, 0.25) is 0 Å². The van der Waals surface area contributed by atoms with Gasteiger partial charge in [-0.3, -0.25) is 0 Å². The third-order valence-corrected chi connectivity index (χ3v) is 3.61. The molecule has 2 rings (SSSR count). The average molecular weight is 300 g/mol. The predicted molar refractivity (Wildman–Crippen MR) is 71.9 cm³/mol. The summed E-state index contributed by atoms with van der Waals surface area (Å²) in [5.41, 5.74) is 0. The van der Waals surface area contributed by atoms with E-state index in [1.54, 1.807) is 7.11 Å². The first-order chi connectivity index (χ1) is 8.29. The molecule has 0 spiro atoms. The summed E-state index contributed by atoms with van der Waals surface area (Å²) in [5.74, 6) is 1.68. The van der Waals surface area contributed by atoms with Crippen molar-refractivity contribution in [2.75, 3.05) is 33.4 Å². The first kappa shape index (κ1) is 12.7. The van der Waals surface area contributed by atoms with Crippen LogP contribution in [-0.2, 0) is 0 Å². The summed E-state index contributed by atoms with van der Waals surface area (Å²) in [7, 11) is 1.66. The van der Waals surface area contributed by atoms with Crippen molar-refractivity contribution in [2.24, 2.45) is 0 Å². The molecule has 1 aromatic carbocycles. The standard InChI is InChI=1S/C13H18BrNO2/c1-16-13-10-11(4-5-12(13)14)17-9-3-8-15-6-2-7-15/h4-5,10H,2-3,6-9H2,1H3. The van der Waals surface area contributed by atoms with E-state index in [9.17, 15) is 0 Å². The number of likely N-dealkylation sites (tertiary alicyclic amines) is 1. The molecule has 0 aliphatic carbocycles. The van der Waals surface area contributed by atoms with E-state index in [-0.39, 0.29) is 0 Å². The van der Waals surface area contributed by atoms with Gasteiger partial charge in [0.15, 0.2) is 0 Å². The Bertz CT molecular complexity index is 366. The van der Waals surface area contributed by atoms with Crippen molar-refractivity contribution in [1.29, 1.82) is 0 Å². The molecule has 0 bridgehead atoms. The van der Waals surface area contributed by atoms with Gasteiger partial charge < -0.3 is 14.4 Å². The highest BCUT2D eigenvalue weighted by Crippen LogP contribution is 2.29. The number of nitrogens with zero attached hydrogens (tertiary/aromatic N) is 1. The SMILES string of the molecule is COc1cc(OCCCN2CCC2)ccc1Br. The smallest absolute Gasteiger partial charge is 0.136 e. The fourth-order valence-electron chi connectivity index (χ4n) is 1.81. The second-order valence-electron chi connectivity index (χ2n) is 4.19. The number of hydrogen-bond donors (Lipinski definition) is 0. The van der Waals surface area contributed by atoms with Gasteiger partial charge in [0.05, 0.1) is 18.2 Å². The zero-order valence-corrected chi connectivity index (χ0v) is 11.7. The lowest BCUT2D eigenvalue weighted by atomic mass is 10.2. The van der Waals surface area contributed by atoms with Crippen LogP contribution in [0.5, 0.6) is 11.5 Å². The highest BCUT2D eigenvalue weighted by molar-refractivity contribution is 9.10. The van der Waals surface area contributed by atoms with Gasteiger partial charge >= 0.3 is 0 Å². The largest absolute Gasteiger partial charge is 0.495 e.